The lowest BCUT2D eigenvalue weighted by molar-refractivity contribution is -0.137. The Hall–Kier alpha value is -4.28. The molecule has 0 bridgehead atoms. The Kier molecular flexibility index (Phi) is 5.54. The molecule has 3 heterocycles. The summed E-state index contributed by atoms with van der Waals surface area (Å²) in [6, 6.07) is 10.0. The number of aromatic nitrogens is 1. The maximum atomic E-state index is 13.1. The van der Waals surface area contributed by atoms with Gasteiger partial charge >= 0.3 is 18.2 Å². The van der Waals surface area contributed by atoms with Crippen molar-refractivity contribution in [3.05, 3.63) is 83.2 Å². The largest absolute Gasteiger partial charge is 0.463 e. The normalized spacial score (nSPS) is 15.3. The van der Waals surface area contributed by atoms with Crippen molar-refractivity contribution in [1.29, 1.82) is 0 Å². The number of amides is 3. The molecule has 1 fully saturated rings. The number of ether oxygens (including phenoxy) is 1. The summed E-state index contributed by atoms with van der Waals surface area (Å²) in [5, 5.41) is 2.44. The third kappa shape index (κ3) is 4.38. The van der Waals surface area contributed by atoms with Gasteiger partial charge in [-0.05, 0) is 48.5 Å². The molecule has 3 amide bonds. The van der Waals surface area contributed by atoms with Crippen LogP contribution in [0.5, 0.6) is 0 Å². The van der Waals surface area contributed by atoms with Crippen LogP contribution in [-0.4, -0.2) is 34.5 Å². The highest BCUT2D eigenvalue weighted by atomic mass is 19.4. The number of urea groups is 1. The predicted octanol–water partition coefficient (Wildman–Crippen LogP) is 3.97. The van der Waals surface area contributed by atoms with Crippen LogP contribution in [0.15, 0.2) is 64.8 Å². The van der Waals surface area contributed by atoms with Crippen LogP contribution in [0, 0.1) is 0 Å². The Morgan fingerprint density at radius 2 is 1.94 bits per heavy atom. The zero-order valence-corrected chi connectivity index (χ0v) is 17.1. The third-order valence-electron chi connectivity index (χ3n) is 4.85. The second-order valence-electron chi connectivity index (χ2n) is 6.99. The number of alkyl halides is 3. The number of imide groups is 1. The van der Waals surface area contributed by atoms with E-state index in [1.165, 1.54) is 48.2 Å². The molecule has 0 atom stereocenters. The SMILES string of the molecule is COC(=O)c1ccc(CN2C(=O)NC(=Cc3cccn3-c3cccc(C(F)(F)F)c3)C2=O)o1. The monoisotopic (exact) mass is 459 g/mol. The van der Waals surface area contributed by atoms with E-state index in [2.05, 4.69) is 10.1 Å². The summed E-state index contributed by atoms with van der Waals surface area (Å²) in [7, 11) is 1.19. The summed E-state index contributed by atoms with van der Waals surface area (Å²) in [4.78, 5) is 37.5. The number of nitrogens with zero attached hydrogens (tertiary/aromatic N) is 2. The number of halogens is 3. The highest BCUT2D eigenvalue weighted by Gasteiger charge is 2.35. The van der Waals surface area contributed by atoms with Crippen LogP contribution in [0.2, 0.25) is 0 Å². The van der Waals surface area contributed by atoms with Crippen LogP contribution in [0.25, 0.3) is 11.8 Å². The van der Waals surface area contributed by atoms with Gasteiger partial charge in [0, 0.05) is 17.6 Å². The van der Waals surface area contributed by atoms with Gasteiger partial charge in [-0.1, -0.05) is 6.07 Å². The molecule has 0 unspecified atom stereocenters. The molecule has 1 N–H and O–H groups in total. The molecule has 2 aromatic heterocycles. The molecule has 1 aliphatic rings. The molecule has 0 saturated carbocycles. The average Bonchev–Trinajstić information content (AvgIpc) is 3.50. The Labute approximate surface area is 184 Å². The molecule has 4 rings (SSSR count). The van der Waals surface area contributed by atoms with Gasteiger partial charge in [0.05, 0.1) is 19.2 Å². The van der Waals surface area contributed by atoms with Crippen LogP contribution in [0.3, 0.4) is 0 Å². The maximum Gasteiger partial charge on any atom is 0.416 e. The number of rotatable bonds is 5. The van der Waals surface area contributed by atoms with Gasteiger partial charge < -0.3 is 19.0 Å². The molecule has 1 aliphatic heterocycles. The minimum Gasteiger partial charge on any atom is -0.463 e. The van der Waals surface area contributed by atoms with Gasteiger partial charge in [0.25, 0.3) is 5.91 Å². The van der Waals surface area contributed by atoms with Gasteiger partial charge in [-0.25, -0.2) is 9.59 Å². The first kappa shape index (κ1) is 21.9. The second kappa shape index (κ2) is 8.34. The van der Waals surface area contributed by atoms with Gasteiger partial charge in [-0.15, -0.1) is 0 Å². The predicted molar refractivity (Wildman–Crippen MR) is 108 cm³/mol. The van der Waals surface area contributed by atoms with Gasteiger partial charge in [0.15, 0.2) is 0 Å². The number of carbonyl (C=O) groups excluding carboxylic acids is 3. The smallest absolute Gasteiger partial charge is 0.416 e. The van der Waals surface area contributed by atoms with E-state index in [9.17, 15) is 27.6 Å². The standard InChI is InChI=1S/C22H16F3N3O5/c1-32-20(30)18-8-7-16(33-18)12-28-19(29)17(26-21(28)31)11-15-6-3-9-27(15)14-5-2-4-13(10-14)22(23,24)25/h2-11H,12H2,1H3,(H,26,31). The lowest BCUT2D eigenvalue weighted by atomic mass is 10.2. The highest BCUT2D eigenvalue weighted by Crippen LogP contribution is 2.31. The van der Waals surface area contributed by atoms with Crippen molar-refractivity contribution in [1.82, 2.24) is 14.8 Å². The molecule has 0 aliphatic carbocycles. The molecular weight excluding hydrogens is 443 g/mol. The third-order valence-corrected chi connectivity index (χ3v) is 4.85. The van der Waals surface area contributed by atoms with Crippen molar-refractivity contribution in [2.24, 2.45) is 0 Å². The van der Waals surface area contributed by atoms with Gasteiger partial charge in [-0.2, -0.15) is 13.2 Å². The van der Waals surface area contributed by atoms with Crippen molar-refractivity contribution in [2.45, 2.75) is 12.7 Å². The van der Waals surface area contributed by atoms with Crippen molar-refractivity contribution in [3.63, 3.8) is 0 Å². The first-order valence-corrected chi connectivity index (χ1v) is 9.54. The van der Waals surface area contributed by atoms with E-state index in [0.717, 1.165) is 17.0 Å². The van der Waals surface area contributed by atoms with Crippen molar-refractivity contribution in [2.75, 3.05) is 7.11 Å². The van der Waals surface area contributed by atoms with E-state index in [0.29, 0.717) is 5.69 Å². The number of hydrogen-bond acceptors (Lipinski definition) is 5. The summed E-state index contributed by atoms with van der Waals surface area (Å²) < 4.78 is 50.5. The lowest BCUT2D eigenvalue weighted by Crippen LogP contribution is -2.30. The quantitative estimate of drug-likeness (QED) is 0.354. The van der Waals surface area contributed by atoms with Crippen LogP contribution < -0.4 is 5.32 Å². The van der Waals surface area contributed by atoms with Gasteiger partial charge in [0.2, 0.25) is 5.76 Å². The molecule has 33 heavy (non-hydrogen) atoms. The number of carbonyl (C=O) groups is 3. The fraction of sp³-hybridized carbons (Fsp3) is 0.136. The van der Waals surface area contributed by atoms with Gasteiger partial charge in [0.1, 0.15) is 11.5 Å². The number of nitrogens with one attached hydrogen (secondary N) is 1. The highest BCUT2D eigenvalue weighted by molar-refractivity contribution is 6.13. The Bertz CT molecular complexity index is 1270. The molecule has 3 aromatic rings. The van der Waals surface area contributed by atoms with Crippen molar-refractivity contribution in [3.8, 4) is 5.69 Å². The minimum absolute atomic E-state index is 0.0633. The Morgan fingerprint density at radius 1 is 1.15 bits per heavy atom. The fourth-order valence-electron chi connectivity index (χ4n) is 3.27. The molecule has 11 heteroatoms. The van der Waals surface area contributed by atoms with Crippen LogP contribution in [0.4, 0.5) is 18.0 Å². The van der Waals surface area contributed by atoms with E-state index in [-0.39, 0.29) is 29.4 Å². The van der Waals surface area contributed by atoms with Crippen molar-refractivity contribution < 1.29 is 36.7 Å². The number of furan rings is 1. The molecule has 0 radical (unpaired) electrons. The Morgan fingerprint density at radius 3 is 2.67 bits per heavy atom. The van der Waals surface area contributed by atoms with Crippen LogP contribution >= 0.6 is 0 Å². The number of hydrogen-bond donors (Lipinski definition) is 1. The first-order valence-electron chi connectivity index (χ1n) is 9.54. The lowest BCUT2D eigenvalue weighted by Gasteiger charge is -2.11. The fourth-order valence-corrected chi connectivity index (χ4v) is 3.27. The topological polar surface area (TPSA) is 93.8 Å². The van der Waals surface area contributed by atoms with Crippen LogP contribution in [-0.2, 0) is 22.3 Å². The first-order chi connectivity index (χ1) is 15.7. The number of methoxy groups -OCH3 is 1. The zero-order valence-electron chi connectivity index (χ0n) is 17.1. The van der Waals surface area contributed by atoms with E-state index in [1.54, 1.807) is 12.1 Å². The summed E-state index contributed by atoms with van der Waals surface area (Å²) in [6.07, 6.45) is -1.60. The maximum absolute atomic E-state index is 13.1. The number of benzene rings is 1. The van der Waals surface area contributed by atoms with Crippen LogP contribution in [0.1, 0.15) is 27.6 Å². The molecule has 8 nitrogen and oxygen atoms in total. The van der Waals surface area contributed by atoms with Gasteiger partial charge in [-0.3, -0.25) is 9.69 Å². The summed E-state index contributed by atoms with van der Waals surface area (Å²) in [5.74, 6) is -1.25. The van der Waals surface area contributed by atoms with E-state index < -0.39 is 29.6 Å². The number of esters is 1. The van der Waals surface area contributed by atoms with Crippen molar-refractivity contribution >= 4 is 24.0 Å². The molecule has 1 aromatic carbocycles. The molecule has 0 spiro atoms. The summed E-state index contributed by atoms with van der Waals surface area (Å²) in [5.41, 5.74) is -0.257. The Balaban J connectivity index is 1.57. The summed E-state index contributed by atoms with van der Waals surface area (Å²) in [6.45, 7) is -0.229. The molecular formula is C22H16F3N3O5. The van der Waals surface area contributed by atoms with E-state index in [4.69, 9.17) is 4.42 Å². The summed E-state index contributed by atoms with van der Waals surface area (Å²) >= 11 is 0. The average molecular weight is 459 g/mol. The minimum atomic E-state index is -4.50. The zero-order chi connectivity index (χ0) is 23.8. The molecule has 170 valence electrons. The van der Waals surface area contributed by atoms with E-state index in [1.807, 2.05) is 0 Å². The second-order valence-corrected chi connectivity index (χ2v) is 6.99. The molecule has 1 saturated heterocycles. The van der Waals surface area contributed by atoms with E-state index >= 15 is 0 Å².